The van der Waals surface area contributed by atoms with E-state index in [2.05, 4.69) is 5.32 Å². The first-order valence-electron chi connectivity index (χ1n) is 6.99. The molecule has 0 aliphatic carbocycles. The summed E-state index contributed by atoms with van der Waals surface area (Å²) in [5.41, 5.74) is 0.370. The molecule has 1 fully saturated rings. The zero-order valence-corrected chi connectivity index (χ0v) is 12.8. The fourth-order valence-corrected chi connectivity index (χ4v) is 2.93. The van der Waals surface area contributed by atoms with Gasteiger partial charge in [-0.1, -0.05) is 0 Å². The Bertz CT molecular complexity index is 555. The van der Waals surface area contributed by atoms with Gasteiger partial charge in [0, 0.05) is 6.07 Å². The third-order valence-corrected chi connectivity index (χ3v) is 3.84. The van der Waals surface area contributed by atoms with Crippen molar-refractivity contribution in [2.45, 2.75) is 58.0 Å². The molecular formula is C15H22N2O4. The number of hydrogen-bond acceptors (Lipinski definition) is 5. The molecule has 1 aromatic carbocycles. The van der Waals surface area contributed by atoms with Crippen LogP contribution in [0.3, 0.4) is 0 Å². The van der Waals surface area contributed by atoms with Crippen LogP contribution in [0, 0.1) is 10.1 Å². The Kier molecular flexibility index (Phi) is 3.95. The predicted octanol–water partition coefficient (Wildman–Crippen LogP) is 2.85. The number of nitrogens with zero attached hydrogens (tertiary/aromatic N) is 1. The molecule has 1 aliphatic rings. The van der Waals surface area contributed by atoms with E-state index in [-0.39, 0.29) is 23.9 Å². The summed E-state index contributed by atoms with van der Waals surface area (Å²) < 4.78 is 6.00. The minimum atomic E-state index is -0.424. The number of nitro groups is 1. The summed E-state index contributed by atoms with van der Waals surface area (Å²) in [5, 5.41) is 23.6. The van der Waals surface area contributed by atoms with Gasteiger partial charge in [-0.05, 0) is 51.8 Å². The van der Waals surface area contributed by atoms with E-state index in [1.54, 1.807) is 12.1 Å². The first-order chi connectivity index (χ1) is 9.64. The Labute approximate surface area is 124 Å². The zero-order valence-electron chi connectivity index (χ0n) is 12.8. The number of nitrogens with one attached hydrogen (secondary N) is 1. The maximum absolute atomic E-state index is 11.2. The van der Waals surface area contributed by atoms with Crippen LogP contribution in [-0.4, -0.2) is 27.3 Å². The van der Waals surface area contributed by atoms with Gasteiger partial charge in [-0.2, -0.15) is 0 Å². The molecule has 6 heteroatoms. The quantitative estimate of drug-likeness (QED) is 0.659. The minimum Gasteiger partial charge on any atom is -0.392 e. The van der Waals surface area contributed by atoms with Gasteiger partial charge in [0.2, 0.25) is 0 Å². The topological polar surface area (TPSA) is 84.6 Å². The SMILES string of the molecule is CC1(C)CC(Nc2cc(CO)ccc2[N+](=O)[O-])C(C)(C)O1. The van der Waals surface area contributed by atoms with Crippen LogP contribution in [0.4, 0.5) is 11.4 Å². The van der Waals surface area contributed by atoms with Crippen molar-refractivity contribution in [2.24, 2.45) is 0 Å². The van der Waals surface area contributed by atoms with Gasteiger partial charge in [0.25, 0.3) is 5.69 Å². The minimum absolute atomic E-state index is 0.00714. The smallest absolute Gasteiger partial charge is 0.292 e. The summed E-state index contributed by atoms with van der Waals surface area (Å²) in [6.07, 6.45) is 0.751. The van der Waals surface area contributed by atoms with Gasteiger partial charge in [0.15, 0.2) is 0 Å². The first-order valence-corrected chi connectivity index (χ1v) is 6.99. The molecule has 0 radical (unpaired) electrons. The van der Waals surface area contributed by atoms with E-state index >= 15 is 0 Å². The molecule has 116 valence electrons. The van der Waals surface area contributed by atoms with Gasteiger partial charge in [0.05, 0.1) is 28.8 Å². The number of nitro benzene ring substituents is 1. The van der Waals surface area contributed by atoms with Crippen LogP contribution < -0.4 is 5.32 Å². The van der Waals surface area contributed by atoms with Crippen molar-refractivity contribution in [1.29, 1.82) is 0 Å². The molecule has 1 atom stereocenters. The van der Waals surface area contributed by atoms with Crippen molar-refractivity contribution in [1.82, 2.24) is 0 Å². The molecule has 0 saturated carbocycles. The van der Waals surface area contributed by atoms with Gasteiger partial charge in [-0.25, -0.2) is 0 Å². The van der Waals surface area contributed by atoms with Crippen molar-refractivity contribution in [3.63, 3.8) is 0 Å². The molecule has 0 spiro atoms. The third kappa shape index (κ3) is 3.33. The van der Waals surface area contributed by atoms with Crippen molar-refractivity contribution >= 4 is 11.4 Å². The standard InChI is InChI=1S/C15H22N2O4/c1-14(2)8-13(15(3,4)21-14)16-11-7-10(9-18)5-6-12(11)17(19)20/h5-7,13,16,18H,8-9H2,1-4H3. The highest BCUT2D eigenvalue weighted by atomic mass is 16.6. The van der Waals surface area contributed by atoms with Crippen LogP contribution in [0.1, 0.15) is 39.7 Å². The van der Waals surface area contributed by atoms with Crippen molar-refractivity contribution < 1.29 is 14.8 Å². The lowest BCUT2D eigenvalue weighted by molar-refractivity contribution is -0.384. The number of benzene rings is 1. The first kappa shape index (κ1) is 15.7. The second kappa shape index (κ2) is 5.27. The van der Waals surface area contributed by atoms with Gasteiger partial charge in [-0.15, -0.1) is 0 Å². The van der Waals surface area contributed by atoms with Crippen LogP contribution in [0.2, 0.25) is 0 Å². The van der Waals surface area contributed by atoms with Crippen LogP contribution >= 0.6 is 0 Å². The van der Waals surface area contributed by atoms with E-state index in [1.165, 1.54) is 6.07 Å². The van der Waals surface area contributed by atoms with E-state index < -0.39 is 10.5 Å². The summed E-state index contributed by atoms with van der Waals surface area (Å²) >= 11 is 0. The fraction of sp³-hybridized carbons (Fsp3) is 0.600. The van der Waals surface area contributed by atoms with Gasteiger partial charge in [0.1, 0.15) is 5.69 Å². The molecular weight excluding hydrogens is 272 g/mol. The molecule has 1 saturated heterocycles. The summed E-state index contributed by atoms with van der Waals surface area (Å²) in [5.74, 6) is 0. The normalized spacial score (nSPS) is 23.0. The summed E-state index contributed by atoms with van der Waals surface area (Å²) in [4.78, 5) is 10.7. The number of aliphatic hydroxyl groups is 1. The largest absolute Gasteiger partial charge is 0.392 e. The van der Waals surface area contributed by atoms with E-state index in [0.717, 1.165) is 6.42 Å². The number of anilines is 1. The summed E-state index contributed by atoms with van der Waals surface area (Å²) in [7, 11) is 0. The van der Waals surface area contributed by atoms with Crippen molar-refractivity contribution in [3.8, 4) is 0 Å². The molecule has 1 unspecified atom stereocenters. The number of rotatable bonds is 4. The number of ether oxygens (including phenoxy) is 1. The van der Waals surface area contributed by atoms with E-state index in [9.17, 15) is 15.2 Å². The molecule has 1 aromatic rings. The number of hydrogen-bond donors (Lipinski definition) is 2. The average Bonchev–Trinajstić information content (AvgIpc) is 2.56. The van der Waals surface area contributed by atoms with Gasteiger partial charge >= 0.3 is 0 Å². The Morgan fingerprint density at radius 2 is 2.10 bits per heavy atom. The van der Waals surface area contributed by atoms with E-state index in [0.29, 0.717) is 11.3 Å². The monoisotopic (exact) mass is 294 g/mol. The van der Waals surface area contributed by atoms with Gasteiger partial charge in [-0.3, -0.25) is 10.1 Å². The molecule has 1 aliphatic heterocycles. The second-order valence-electron chi connectivity index (χ2n) is 6.63. The van der Waals surface area contributed by atoms with Crippen LogP contribution in [0.25, 0.3) is 0 Å². The van der Waals surface area contributed by atoms with Crippen LogP contribution in [0.15, 0.2) is 18.2 Å². The van der Waals surface area contributed by atoms with E-state index in [4.69, 9.17) is 4.74 Å². The average molecular weight is 294 g/mol. The highest BCUT2D eigenvalue weighted by molar-refractivity contribution is 5.63. The second-order valence-corrected chi connectivity index (χ2v) is 6.63. The van der Waals surface area contributed by atoms with Crippen molar-refractivity contribution in [2.75, 3.05) is 5.32 Å². The molecule has 2 rings (SSSR count). The lowest BCUT2D eigenvalue weighted by atomic mass is 9.94. The molecule has 1 heterocycles. The maximum Gasteiger partial charge on any atom is 0.292 e. The molecule has 6 nitrogen and oxygen atoms in total. The van der Waals surface area contributed by atoms with Crippen molar-refractivity contribution in [3.05, 3.63) is 33.9 Å². The summed E-state index contributed by atoms with van der Waals surface area (Å²) in [6, 6.07) is 4.56. The highest BCUT2D eigenvalue weighted by Gasteiger charge is 2.46. The Morgan fingerprint density at radius 1 is 1.43 bits per heavy atom. The lowest BCUT2D eigenvalue weighted by Gasteiger charge is -2.28. The lowest BCUT2D eigenvalue weighted by Crippen LogP contribution is -2.38. The molecule has 0 amide bonds. The summed E-state index contributed by atoms with van der Waals surface area (Å²) in [6.45, 7) is 7.81. The predicted molar refractivity (Wildman–Crippen MR) is 80.3 cm³/mol. The third-order valence-electron chi connectivity index (χ3n) is 3.84. The van der Waals surface area contributed by atoms with Gasteiger partial charge < -0.3 is 15.2 Å². The Balaban J connectivity index is 2.32. The molecule has 21 heavy (non-hydrogen) atoms. The Morgan fingerprint density at radius 3 is 2.57 bits per heavy atom. The Hall–Kier alpha value is -1.66. The number of aliphatic hydroxyl groups excluding tert-OH is 1. The van der Waals surface area contributed by atoms with Crippen LogP contribution in [-0.2, 0) is 11.3 Å². The van der Waals surface area contributed by atoms with E-state index in [1.807, 2.05) is 27.7 Å². The zero-order chi connectivity index (χ0) is 15.8. The van der Waals surface area contributed by atoms with Crippen LogP contribution in [0.5, 0.6) is 0 Å². The molecule has 2 N–H and O–H groups in total. The molecule has 0 aromatic heterocycles. The maximum atomic E-state index is 11.2. The fourth-order valence-electron chi connectivity index (χ4n) is 2.93. The highest BCUT2D eigenvalue weighted by Crippen LogP contribution is 2.40. The molecule has 0 bridgehead atoms.